The monoisotopic (exact) mass is 473 g/mol. The number of halogens is 5. The van der Waals surface area contributed by atoms with Crippen molar-refractivity contribution < 1.29 is 31.8 Å². The highest BCUT2D eigenvalue weighted by Gasteiger charge is 2.35. The second-order valence-electron chi connectivity index (χ2n) is 6.28. The van der Waals surface area contributed by atoms with Crippen molar-refractivity contribution in [2.75, 3.05) is 0 Å². The van der Waals surface area contributed by atoms with Crippen LogP contribution in [0.2, 0.25) is 5.02 Å². The van der Waals surface area contributed by atoms with Gasteiger partial charge in [0.25, 0.3) is 11.4 Å². The van der Waals surface area contributed by atoms with Gasteiger partial charge in [-0.3, -0.25) is 14.2 Å². The van der Waals surface area contributed by atoms with Crippen LogP contribution in [0, 0.1) is 5.82 Å². The average Bonchev–Trinajstić information content (AvgIpc) is 2.68. The topological polar surface area (TPSA) is 92.4 Å². The molecule has 0 unspecified atom stereocenters. The van der Waals surface area contributed by atoms with E-state index in [4.69, 9.17) is 21.1 Å². The number of hydrogen-bond donors (Lipinski definition) is 0. The molecule has 0 saturated heterocycles. The first-order valence-corrected chi connectivity index (χ1v) is 8.99. The number of nitrogens with zero attached hydrogens (tertiary/aromatic N) is 3. The van der Waals surface area contributed by atoms with Crippen molar-refractivity contribution in [1.82, 2.24) is 14.1 Å². The summed E-state index contributed by atoms with van der Waals surface area (Å²) in [6.45, 7) is 1.12. The number of aromatic nitrogens is 3. The lowest BCUT2D eigenvalue weighted by molar-refractivity contribution is -0.144. The molecule has 0 aliphatic rings. The van der Waals surface area contributed by atoms with Crippen molar-refractivity contribution >= 4 is 17.6 Å². The van der Waals surface area contributed by atoms with Gasteiger partial charge in [0.1, 0.15) is 17.3 Å². The van der Waals surface area contributed by atoms with E-state index in [1.807, 2.05) is 0 Å². The van der Waals surface area contributed by atoms with Crippen LogP contribution in [-0.2, 0) is 18.0 Å². The van der Waals surface area contributed by atoms with Crippen LogP contribution in [0.3, 0.4) is 0 Å². The van der Waals surface area contributed by atoms with Gasteiger partial charge in [-0.1, -0.05) is 11.6 Å². The molecule has 0 aliphatic heterocycles. The van der Waals surface area contributed by atoms with E-state index in [0.717, 1.165) is 20.0 Å². The first-order chi connectivity index (χ1) is 14.9. The molecular weight excluding hydrogens is 462 g/mol. The molecule has 32 heavy (non-hydrogen) atoms. The summed E-state index contributed by atoms with van der Waals surface area (Å²) in [5, 5.41) is -0.305. The van der Waals surface area contributed by atoms with Crippen LogP contribution in [0.1, 0.15) is 12.6 Å². The molecule has 0 bridgehead atoms. The Morgan fingerprint density at radius 2 is 1.84 bits per heavy atom. The number of pyridine rings is 1. The van der Waals surface area contributed by atoms with E-state index in [9.17, 15) is 31.9 Å². The minimum Gasteiger partial charge on any atom is -0.450 e. The Balaban J connectivity index is 2.16. The van der Waals surface area contributed by atoms with Crippen LogP contribution < -0.4 is 20.7 Å². The molecule has 13 heteroatoms. The third kappa shape index (κ3) is 4.49. The maximum absolute atomic E-state index is 14.6. The normalized spacial score (nSPS) is 11.3. The molecule has 0 spiro atoms. The summed E-state index contributed by atoms with van der Waals surface area (Å²) in [6, 6.07) is 4.48. The van der Waals surface area contributed by atoms with Gasteiger partial charge in [-0.2, -0.15) is 13.2 Å². The predicted molar refractivity (Wildman–Crippen MR) is 103 cm³/mol. The van der Waals surface area contributed by atoms with Crippen molar-refractivity contribution in [1.29, 1.82) is 0 Å². The predicted octanol–water partition coefficient (Wildman–Crippen LogP) is 3.46. The van der Waals surface area contributed by atoms with Gasteiger partial charge in [0.2, 0.25) is 0 Å². The van der Waals surface area contributed by atoms with Gasteiger partial charge < -0.3 is 9.47 Å². The molecule has 2 aromatic heterocycles. The van der Waals surface area contributed by atoms with Crippen molar-refractivity contribution in [2.45, 2.75) is 13.1 Å². The zero-order chi connectivity index (χ0) is 23.8. The van der Waals surface area contributed by atoms with Gasteiger partial charge in [-0.25, -0.2) is 18.7 Å². The highest BCUT2D eigenvalue weighted by atomic mass is 35.5. The molecule has 1 aromatic carbocycles. The third-order valence-electron chi connectivity index (χ3n) is 4.05. The number of hydrogen-bond acceptors (Lipinski definition) is 6. The molecule has 2 heterocycles. The summed E-state index contributed by atoms with van der Waals surface area (Å²) in [6.07, 6.45) is -3.68. The van der Waals surface area contributed by atoms with Crippen molar-refractivity contribution in [3.8, 4) is 23.1 Å². The largest absolute Gasteiger partial charge is 0.450 e. The summed E-state index contributed by atoms with van der Waals surface area (Å²) < 4.78 is 64.5. The zero-order valence-electron chi connectivity index (χ0n) is 16.2. The number of carbonyl (C=O) groups excluding carboxylic acids is 1. The third-order valence-corrected chi connectivity index (χ3v) is 4.34. The molecule has 0 atom stereocenters. The quantitative estimate of drug-likeness (QED) is 0.425. The number of benzene rings is 1. The maximum Gasteiger partial charge on any atom is 0.431 e. The highest BCUT2D eigenvalue weighted by Crippen LogP contribution is 2.36. The van der Waals surface area contributed by atoms with Crippen LogP contribution in [0.25, 0.3) is 5.69 Å². The smallest absolute Gasteiger partial charge is 0.431 e. The Labute approximate surface area is 181 Å². The van der Waals surface area contributed by atoms with Gasteiger partial charge in [-0.15, -0.1) is 0 Å². The number of carbonyl (C=O) groups is 1. The Kier molecular flexibility index (Phi) is 6.08. The van der Waals surface area contributed by atoms with E-state index in [1.165, 1.54) is 18.3 Å². The standard InChI is InChI=1S/C19H12ClF4N3O5/c1-9(28)31-17-13(4-3-5-25-17)32-14-7-12(11(21)6-10(14)20)27-16(29)8-15(19(22,23)24)26(2)18(27)30/h3-8H,1-2H3. The van der Waals surface area contributed by atoms with Crippen LogP contribution >= 0.6 is 11.6 Å². The van der Waals surface area contributed by atoms with Gasteiger partial charge >= 0.3 is 17.8 Å². The fourth-order valence-corrected chi connectivity index (χ4v) is 2.86. The molecule has 3 aromatic rings. The number of alkyl halides is 3. The lowest BCUT2D eigenvalue weighted by Gasteiger charge is -2.16. The summed E-state index contributed by atoms with van der Waals surface area (Å²) in [5.41, 5.74) is -5.08. The Bertz CT molecular complexity index is 1330. The van der Waals surface area contributed by atoms with Crippen LogP contribution in [0.5, 0.6) is 17.4 Å². The van der Waals surface area contributed by atoms with E-state index in [2.05, 4.69) is 4.98 Å². The van der Waals surface area contributed by atoms with E-state index in [-0.39, 0.29) is 37.6 Å². The van der Waals surface area contributed by atoms with Gasteiger partial charge in [-0.05, 0) is 18.2 Å². The molecule has 0 fully saturated rings. The maximum atomic E-state index is 14.6. The molecule has 8 nitrogen and oxygen atoms in total. The minimum absolute atomic E-state index is 0.116. The first-order valence-electron chi connectivity index (χ1n) is 8.61. The van der Waals surface area contributed by atoms with Crippen molar-refractivity contribution in [3.63, 3.8) is 0 Å². The summed E-state index contributed by atoms with van der Waals surface area (Å²) >= 11 is 5.98. The van der Waals surface area contributed by atoms with Gasteiger partial charge in [0.05, 0.1) is 10.7 Å². The summed E-state index contributed by atoms with van der Waals surface area (Å²) in [7, 11) is 0.785. The molecule has 0 aliphatic carbocycles. The molecule has 0 radical (unpaired) electrons. The Morgan fingerprint density at radius 1 is 1.16 bits per heavy atom. The molecular formula is C19H12ClF4N3O5. The fourth-order valence-electron chi connectivity index (χ4n) is 2.67. The first kappa shape index (κ1) is 23.0. The number of ether oxygens (including phenoxy) is 2. The van der Waals surface area contributed by atoms with Crippen LogP contribution in [0.15, 0.2) is 46.1 Å². The summed E-state index contributed by atoms with van der Waals surface area (Å²) in [5.74, 6) is -2.54. The van der Waals surface area contributed by atoms with E-state index in [0.29, 0.717) is 6.07 Å². The van der Waals surface area contributed by atoms with Crippen molar-refractivity contribution in [3.05, 3.63) is 73.9 Å². The average molecular weight is 474 g/mol. The summed E-state index contributed by atoms with van der Waals surface area (Å²) in [4.78, 5) is 39.8. The van der Waals surface area contributed by atoms with Crippen LogP contribution in [0.4, 0.5) is 17.6 Å². The minimum atomic E-state index is -4.98. The number of esters is 1. The van der Waals surface area contributed by atoms with E-state index in [1.54, 1.807) is 0 Å². The van der Waals surface area contributed by atoms with Gasteiger partial charge in [0, 0.05) is 32.3 Å². The van der Waals surface area contributed by atoms with E-state index < -0.39 is 40.6 Å². The van der Waals surface area contributed by atoms with Crippen molar-refractivity contribution in [2.24, 2.45) is 7.05 Å². The fraction of sp³-hybridized carbons (Fsp3) is 0.158. The second-order valence-corrected chi connectivity index (χ2v) is 6.69. The highest BCUT2D eigenvalue weighted by molar-refractivity contribution is 6.32. The molecule has 3 rings (SSSR count). The zero-order valence-corrected chi connectivity index (χ0v) is 17.0. The molecule has 168 valence electrons. The van der Waals surface area contributed by atoms with Crippen LogP contribution in [-0.4, -0.2) is 20.1 Å². The Morgan fingerprint density at radius 3 is 2.47 bits per heavy atom. The Hall–Kier alpha value is -3.67. The van der Waals surface area contributed by atoms with Gasteiger partial charge in [0.15, 0.2) is 5.75 Å². The lowest BCUT2D eigenvalue weighted by atomic mass is 10.2. The van der Waals surface area contributed by atoms with E-state index >= 15 is 0 Å². The number of rotatable bonds is 4. The molecule has 0 N–H and O–H groups in total. The molecule has 0 saturated carbocycles. The second kappa shape index (κ2) is 8.46. The molecule has 0 amide bonds. The lowest BCUT2D eigenvalue weighted by Crippen LogP contribution is -2.41. The SMILES string of the molecule is CC(=O)Oc1ncccc1Oc1cc(-n2c(=O)cc(C(F)(F)F)n(C)c2=O)c(F)cc1Cl.